The summed E-state index contributed by atoms with van der Waals surface area (Å²) in [5.41, 5.74) is 0.883. The van der Waals surface area contributed by atoms with Crippen molar-refractivity contribution in [3.8, 4) is 5.69 Å². The Morgan fingerprint density at radius 1 is 1.30 bits per heavy atom. The summed E-state index contributed by atoms with van der Waals surface area (Å²) < 4.78 is 1.64. The Morgan fingerprint density at radius 2 is 2.09 bits per heavy atom. The average Bonchev–Trinajstić information content (AvgIpc) is 3.02. The Hall–Kier alpha value is -1.89. The van der Waals surface area contributed by atoms with Crippen LogP contribution in [-0.4, -0.2) is 37.9 Å². The summed E-state index contributed by atoms with van der Waals surface area (Å²) >= 11 is 1.34. The minimum atomic E-state index is 0.0154. The predicted molar refractivity (Wildman–Crippen MR) is 91.6 cm³/mol. The molecule has 0 aliphatic carbocycles. The van der Waals surface area contributed by atoms with Crippen LogP contribution in [0.1, 0.15) is 39.5 Å². The van der Waals surface area contributed by atoms with Gasteiger partial charge in [0.2, 0.25) is 11.1 Å². The van der Waals surface area contributed by atoms with Crippen molar-refractivity contribution in [2.45, 2.75) is 50.7 Å². The first-order valence-corrected chi connectivity index (χ1v) is 8.95. The highest BCUT2D eigenvalue weighted by Crippen LogP contribution is 2.17. The lowest BCUT2D eigenvalue weighted by molar-refractivity contribution is -0.119. The molecule has 0 spiro atoms. The minimum Gasteiger partial charge on any atom is -0.353 e. The fraction of sp³-hybridized carbons (Fsp3) is 0.500. The number of carbonyl (C=O) groups is 1. The second kappa shape index (κ2) is 9.29. The Bertz CT molecular complexity index is 602. The van der Waals surface area contributed by atoms with Crippen LogP contribution >= 0.6 is 11.8 Å². The molecule has 1 aromatic heterocycles. The van der Waals surface area contributed by atoms with E-state index in [1.54, 1.807) is 4.68 Å². The zero-order valence-electron chi connectivity index (χ0n) is 13.6. The molecule has 1 heterocycles. The molecular formula is C16H23N5OS. The van der Waals surface area contributed by atoms with Gasteiger partial charge in [-0.3, -0.25) is 4.79 Å². The summed E-state index contributed by atoms with van der Waals surface area (Å²) in [6.07, 6.45) is 4.57. The van der Waals surface area contributed by atoms with Crippen LogP contribution in [0.2, 0.25) is 0 Å². The Kier molecular flexibility index (Phi) is 7.06. The van der Waals surface area contributed by atoms with Gasteiger partial charge >= 0.3 is 0 Å². The molecule has 0 unspecified atom stereocenters. The number of para-hydroxylation sites is 1. The first kappa shape index (κ1) is 17.5. The first-order chi connectivity index (χ1) is 11.2. The van der Waals surface area contributed by atoms with Crippen LogP contribution in [0.4, 0.5) is 0 Å². The number of nitrogens with one attached hydrogen (secondary N) is 1. The Balaban J connectivity index is 1.82. The minimum absolute atomic E-state index is 0.0154. The average molecular weight is 333 g/mol. The van der Waals surface area contributed by atoms with Crippen molar-refractivity contribution in [1.29, 1.82) is 0 Å². The zero-order chi connectivity index (χ0) is 16.5. The molecule has 1 amide bonds. The number of thioether (sulfide) groups is 1. The van der Waals surface area contributed by atoms with Gasteiger partial charge in [-0.25, -0.2) is 0 Å². The van der Waals surface area contributed by atoms with Gasteiger partial charge in [-0.15, -0.1) is 5.10 Å². The van der Waals surface area contributed by atoms with Crippen molar-refractivity contribution in [2.75, 3.05) is 5.75 Å². The van der Waals surface area contributed by atoms with Crippen molar-refractivity contribution in [2.24, 2.45) is 0 Å². The van der Waals surface area contributed by atoms with Crippen molar-refractivity contribution in [3.63, 3.8) is 0 Å². The highest BCUT2D eigenvalue weighted by atomic mass is 32.2. The van der Waals surface area contributed by atoms with E-state index >= 15 is 0 Å². The molecule has 2 aromatic rings. The number of amides is 1. The Labute approximate surface area is 141 Å². The van der Waals surface area contributed by atoms with Gasteiger partial charge in [0, 0.05) is 6.04 Å². The maximum Gasteiger partial charge on any atom is 0.230 e. The van der Waals surface area contributed by atoms with Crippen molar-refractivity contribution < 1.29 is 4.79 Å². The monoisotopic (exact) mass is 333 g/mol. The third-order valence-corrected chi connectivity index (χ3v) is 4.34. The maximum absolute atomic E-state index is 12.0. The van der Waals surface area contributed by atoms with E-state index < -0.39 is 0 Å². The predicted octanol–water partition coefficient (Wildman–Crippen LogP) is 2.84. The maximum atomic E-state index is 12.0. The summed E-state index contributed by atoms with van der Waals surface area (Å²) in [7, 11) is 0. The number of aromatic nitrogens is 4. The summed E-state index contributed by atoms with van der Waals surface area (Å²) in [6.45, 7) is 4.23. The largest absolute Gasteiger partial charge is 0.353 e. The molecule has 0 radical (unpaired) electrons. The second-order valence-electron chi connectivity index (χ2n) is 5.46. The van der Waals surface area contributed by atoms with E-state index in [0.717, 1.165) is 18.5 Å². The number of carbonyl (C=O) groups excluding carboxylic acids is 1. The second-order valence-corrected chi connectivity index (χ2v) is 6.40. The van der Waals surface area contributed by atoms with Gasteiger partial charge in [0.15, 0.2) is 0 Å². The van der Waals surface area contributed by atoms with Crippen LogP contribution in [0, 0.1) is 0 Å². The molecule has 6 nitrogen and oxygen atoms in total. The molecular weight excluding hydrogens is 310 g/mol. The summed E-state index contributed by atoms with van der Waals surface area (Å²) in [4.78, 5) is 12.0. The van der Waals surface area contributed by atoms with Crippen molar-refractivity contribution in [1.82, 2.24) is 25.5 Å². The number of tetrazole rings is 1. The van der Waals surface area contributed by atoms with E-state index in [1.807, 2.05) is 37.3 Å². The highest BCUT2D eigenvalue weighted by molar-refractivity contribution is 7.99. The lowest BCUT2D eigenvalue weighted by atomic mass is 10.1. The highest BCUT2D eigenvalue weighted by Gasteiger charge is 2.12. The van der Waals surface area contributed by atoms with Gasteiger partial charge in [-0.1, -0.05) is 56.1 Å². The van der Waals surface area contributed by atoms with E-state index in [-0.39, 0.29) is 11.9 Å². The number of rotatable bonds is 9. The molecule has 0 saturated heterocycles. The van der Waals surface area contributed by atoms with Crippen LogP contribution in [0.3, 0.4) is 0 Å². The molecule has 23 heavy (non-hydrogen) atoms. The van der Waals surface area contributed by atoms with E-state index in [0.29, 0.717) is 10.9 Å². The third-order valence-electron chi connectivity index (χ3n) is 3.42. The lowest BCUT2D eigenvalue weighted by Gasteiger charge is -2.13. The van der Waals surface area contributed by atoms with Crippen LogP contribution in [0.25, 0.3) is 5.69 Å². The zero-order valence-corrected chi connectivity index (χ0v) is 14.4. The van der Waals surface area contributed by atoms with Gasteiger partial charge in [0.05, 0.1) is 11.4 Å². The quantitative estimate of drug-likeness (QED) is 0.564. The van der Waals surface area contributed by atoms with Crippen molar-refractivity contribution >= 4 is 17.7 Å². The Morgan fingerprint density at radius 3 is 2.83 bits per heavy atom. The molecule has 124 valence electrons. The standard InChI is InChI=1S/C16H23N5OS/c1-3-4-6-9-13(2)17-15(22)12-23-16-18-19-20-21(16)14-10-7-5-8-11-14/h5,7-8,10-11,13H,3-4,6,9,12H2,1-2H3,(H,17,22)/t13-/m1/s1. The molecule has 1 N–H and O–H groups in total. The fourth-order valence-electron chi connectivity index (χ4n) is 2.22. The van der Waals surface area contributed by atoms with Gasteiger partial charge in [-0.05, 0) is 35.9 Å². The van der Waals surface area contributed by atoms with Crippen LogP contribution in [-0.2, 0) is 4.79 Å². The fourth-order valence-corrected chi connectivity index (χ4v) is 2.92. The summed E-state index contributed by atoms with van der Waals surface area (Å²) in [6, 6.07) is 9.85. The van der Waals surface area contributed by atoms with Gasteiger partial charge in [0.25, 0.3) is 0 Å². The molecule has 2 rings (SSSR count). The third kappa shape index (κ3) is 5.67. The number of unbranched alkanes of at least 4 members (excludes halogenated alkanes) is 2. The van der Waals surface area contributed by atoms with Crippen LogP contribution < -0.4 is 5.32 Å². The van der Waals surface area contributed by atoms with Crippen LogP contribution in [0.15, 0.2) is 35.5 Å². The van der Waals surface area contributed by atoms with E-state index in [9.17, 15) is 4.79 Å². The molecule has 1 atom stereocenters. The van der Waals surface area contributed by atoms with Crippen molar-refractivity contribution in [3.05, 3.63) is 30.3 Å². The van der Waals surface area contributed by atoms with Gasteiger partial charge in [0.1, 0.15) is 0 Å². The van der Waals surface area contributed by atoms with Gasteiger partial charge < -0.3 is 5.32 Å². The first-order valence-electron chi connectivity index (χ1n) is 7.96. The molecule has 0 aliphatic heterocycles. The molecule has 0 saturated carbocycles. The molecule has 0 aliphatic rings. The smallest absolute Gasteiger partial charge is 0.230 e. The number of benzene rings is 1. The summed E-state index contributed by atoms with van der Waals surface area (Å²) in [5, 5.41) is 15.3. The lowest BCUT2D eigenvalue weighted by Crippen LogP contribution is -2.33. The number of hydrogen-bond donors (Lipinski definition) is 1. The van der Waals surface area contributed by atoms with E-state index in [1.165, 1.54) is 24.6 Å². The van der Waals surface area contributed by atoms with E-state index in [2.05, 4.69) is 27.8 Å². The normalized spacial score (nSPS) is 12.1. The molecule has 1 aromatic carbocycles. The SMILES string of the molecule is CCCCC[C@@H](C)NC(=O)CSc1nnnn1-c1ccccc1. The van der Waals surface area contributed by atoms with Gasteiger partial charge in [-0.2, -0.15) is 4.68 Å². The number of hydrogen-bond acceptors (Lipinski definition) is 5. The molecule has 0 bridgehead atoms. The molecule has 7 heteroatoms. The molecule has 0 fully saturated rings. The topological polar surface area (TPSA) is 72.7 Å². The number of nitrogens with zero attached hydrogens (tertiary/aromatic N) is 4. The van der Waals surface area contributed by atoms with Crippen LogP contribution in [0.5, 0.6) is 0 Å². The summed E-state index contributed by atoms with van der Waals surface area (Å²) in [5.74, 6) is 0.326. The van der Waals surface area contributed by atoms with E-state index in [4.69, 9.17) is 0 Å².